The Bertz CT molecular complexity index is 1340. The Morgan fingerprint density at radius 2 is 1.80 bits per heavy atom. The van der Waals surface area contributed by atoms with Gasteiger partial charge in [-0.15, -0.1) is 0 Å². The molecule has 0 saturated carbocycles. The SMILES string of the molecule is C=C(c1cc(N2CCOCC2)ncc1N)C1CCN(CC(O)Cn2cc(C)c(-c3ccc(C(F)(F)F)cc3)n2)CC1. The second-order valence-electron chi connectivity index (χ2n) is 10.9. The van der Waals surface area contributed by atoms with E-state index >= 15 is 0 Å². The van der Waals surface area contributed by atoms with E-state index in [1.54, 1.807) is 10.9 Å². The topological polar surface area (TPSA) is 92.7 Å². The van der Waals surface area contributed by atoms with Crippen molar-refractivity contribution in [3.63, 3.8) is 0 Å². The molecule has 2 aromatic heterocycles. The standard InChI is InChI=1S/C30H37F3N6O2/c1-20-17-39(36-29(20)23-3-5-24(6-4-23)30(31,32)33)19-25(40)18-37-9-7-22(8-10-37)21(2)26-15-28(35-16-27(26)34)38-11-13-41-14-12-38/h3-6,15-17,22,25,40H,2,7-14,18-19,34H2,1H3. The number of morpholine rings is 1. The molecule has 0 aliphatic carbocycles. The number of aryl methyl sites for hydroxylation is 1. The summed E-state index contributed by atoms with van der Waals surface area (Å²) < 4.78 is 45.8. The van der Waals surface area contributed by atoms with Crippen LogP contribution in [0.15, 0.2) is 49.3 Å². The number of pyridine rings is 1. The molecule has 1 unspecified atom stereocenters. The molecule has 8 nitrogen and oxygen atoms in total. The Hall–Kier alpha value is -3.41. The highest BCUT2D eigenvalue weighted by molar-refractivity contribution is 5.76. The van der Waals surface area contributed by atoms with Crippen molar-refractivity contribution >= 4 is 17.1 Å². The van der Waals surface area contributed by atoms with Crippen molar-refractivity contribution in [1.29, 1.82) is 0 Å². The van der Waals surface area contributed by atoms with E-state index in [2.05, 4.69) is 26.5 Å². The lowest BCUT2D eigenvalue weighted by Gasteiger charge is -2.34. The summed E-state index contributed by atoms with van der Waals surface area (Å²) in [7, 11) is 0. The van der Waals surface area contributed by atoms with Gasteiger partial charge in [0.1, 0.15) is 5.82 Å². The smallest absolute Gasteiger partial charge is 0.397 e. The van der Waals surface area contributed by atoms with Crippen LogP contribution in [-0.4, -0.2) is 76.8 Å². The molecule has 0 amide bonds. The van der Waals surface area contributed by atoms with Crippen molar-refractivity contribution in [2.45, 2.75) is 38.6 Å². The minimum atomic E-state index is -4.38. The first-order chi connectivity index (χ1) is 19.6. The first-order valence-electron chi connectivity index (χ1n) is 14.0. The molecule has 0 radical (unpaired) electrons. The number of benzene rings is 1. The van der Waals surface area contributed by atoms with Gasteiger partial charge in [0.2, 0.25) is 0 Å². The first-order valence-corrected chi connectivity index (χ1v) is 14.0. The molecule has 2 aliphatic heterocycles. The zero-order chi connectivity index (χ0) is 29.1. The van der Waals surface area contributed by atoms with Gasteiger partial charge in [0.25, 0.3) is 0 Å². The number of anilines is 2. The van der Waals surface area contributed by atoms with Crippen LogP contribution in [0.25, 0.3) is 16.8 Å². The molecule has 1 aromatic carbocycles. The molecule has 2 fully saturated rings. The van der Waals surface area contributed by atoms with E-state index < -0.39 is 17.8 Å². The number of piperidine rings is 1. The predicted octanol–water partition coefficient (Wildman–Crippen LogP) is 4.48. The number of aliphatic hydroxyl groups excluding tert-OH is 1. The molecule has 3 N–H and O–H groups in total. The number of aromatic nitrogens is 3. The third-order valence-corrected chi connectivity index (χ3v) is 7.98. The number of aliphatic hydroxyl groups is 1. The third kappa shape index (κ3) is 6.91. The van der Waals surface area contributed by atoms with Crippen LogP contribution >= 0.6 is 0 Å². The Labute approximate surface area is 238 Å². The first kappa shape index (κ1) is 29.1. The molecule has 2 aliphatic rings. The van der Waals surface area contributed by atoms with Crippen LogP contribution in [0.4, 0.5) is 24.7 Å². The van der Waals surface area contributed by atoms with Gasteiger partial charge in [-0.25, -0.2) is 4.98 Å². The van der Waals surface area contributed by atoms with E-state index in [1.165, 1.54) is 12.1 Å². The Balaban J connectivity index is 1.14. The number of hydrogen-bond acceptors (Lipinski definition) is 7. The Kier molecular flexibility index (Phi) is 8.67. The van der Waals surface area contributed by atoms with Crippen molar-refractivity contribution < 1.29 is 23.0 Å². The normalized spacial score (nSPS) is 18.0. The quantitative estimate of drug-likeness (QED) is 0.413. The fourth-order valence-corrected chi connectivity index (χ4v) is 5.67. The lowest BCUT2D eigenvalue weighted by molar-refractivity contribution is -0.137. The molecule has 4 heterocycles. The van der Waals surface area contributed by atoms with Gasteiger partial charge < -0.3 is 25.4 Å². The monoisotopic (exact) mass is 570 g/mol. The molecule has 220 valence electrons. The zero-order valence-electron chi connectivity index (χ0n) is 23.3. The van der Waals surface area contributed by atoms with E-state index in [0.717, 1.165) is 73.7 Å². The van der Waals surface area contributed by atoms with E-state index in [4.69, 9.17) is 10.5 Å². The number of halogens is 3. The summed E-state index contributed by atoms with van der Waals surface area (Å²) in [5, 5.41) is 15.4. The highest BCUT2D eigenvalue weighted by Gasteiger charge is 2.30. The van der Waals surface area contributed by atoms with Crippen molar-refractivity contribution in [1.82, 2.24) is 19.7 Å². The minimum absolute atomic E-state index is 0.297. The van der Waals surface area contributed by atoms with Crippen molar-refractivity contribution in [3.05, 3.63) is 66.0 Å². The van der Waals surface area contributed by atoms with Gasteiger partial charge >= 0.3 is 6.18 Å². The van der Waals surface area contributed by atoms with Crippen molar-refractivity contribution in [2.24, 2.45) is 5.92 Å². The van der Waals surface area contributed by atoms with Gasteiger partial charge in [0.15, 0.2) is 0 Å². The maximum absolute atomic E-state index is 12.9. The molecule has 5 rings (SSSR count). The van der Waals surface area contributed by atoms with Crippen LogP contribution in [-0.2, 0) is 17.5 Å². The molecule has 0 bridgehead atoms. The highest BCUT2D eigenvalue weighted by atomic mass is 19.4. The average molecular weight is 571 g/mol. The molecular formula is C30H37F3N6O2. The van der Waals surface area contributed by atoms with E-state index in [9.17, 15) is 18.3 Å². The number of allylic oxidation sites excluding steroid dienone is 1. The number of hydrogen-bond donors (Lipinski definition) is 2. The number of nitrogens with two attached hydrogens (primary N) is 1. The number of nitrogen functional groups attached to an aromatic ring is 1. The molecule has 1 atom stereocenters. The molecule has 41 heavy (non-hydrogen) atoms. The lowest BCUT2D eigenvalue weighted by atomic mass is 9.85. The van der Waals surface area contributed by atoms with Crippen LogP contribution < -0.4 is 10.6 Å². The lowest BCUT2D eigenvalue weighted by Crippen LogP contribution is -2.40. The van der Waals surface area contributed by atoms with Gasteiger partial charge in [0, 0.05) is 37.0 Å². The van der Waals surface area contributed by atoms with Crippen LogP contribution in [0.1, 0.15) is 29.5 Å². The molecule has 0 spiro atoms. The van der Waals surface area contributed by atoms with Crippen molar-refractivity contribution in [2.75, 3.05) is 56.6 Å². The van der Waals surface area contributed by atoms with Crippen LogP contribution in [0.3, 0.4) is 0 Å². The number of alkyl halides is 3. The fourth-order valence-electron chi connectivity index (χ4n) is 5.67. The number of likely N-dealkylation sites (tertiary alicyclic amines) is 1. The summed E-state index contributed by atoms with van der Waals surface area (Å²) >= 11 is 0. The number of nitrogens with zero attached hydrogens (tertiary/aromatic N) is 5. The van der Waals surface area contributed by atoms with Gasteiger partial charge in [-0.1, -0.05) is 18.7 Å². The summed E-state index contributed by atoms with van der Waals surface area (Å²) in [6.45, 7) is 11.7. The third-order valence-electron chi connectivity index (χ3n) is 7.98. The second kappa shape index (κ2) is 12.2. The molecule has 2 saturated heterocycles. The molecular weight excluding hydrogens is 533 g/mol. The van der Waals surface area contributed by atoms with E-state index in [-0.39, 0.29) is 0 Å². The maximum Gasteiger partial charge on any atom is 0.416 e. The number of rotatable bonds is 8. The predicted molar refractivity (Wildman–Crippen MR) is 153 cm³/mol. The van der Waals surface area contributed by atoms with E-state index in [0.29, 0.717) is 49.2 Å². The van der Waals surface area contributed by atoms with Gasteiger partial charge in [0.05, 0.1) is 49.0 Å². The maximum atomic E-state index is 12.9. The number of ether oxygens (including phenoxy) is 1. The van der Waals surface area contributed by atoms with Gasteiger partial charge in [-0.3, -0.25) is 4.68 Å². The largest absolute Gasteiger partial charge is 0.416 e. The van der Waals surface area contributed by atoms with Crippen LogP contribution in [0.2, 0.25) is 0 Å². The Morgan fingerprint density at radius 1 is 1.12 bits per heavy atom. The van der Waals surface area contributed by atoms with E-state index in [1.807, 2.05) is 19.2 Å². The molecule has 3 aromatic rings. The van der Waals surface area contributed by atoms with Crippen LogP contribution in [0.5, 0.6) is 0 Å². The highest BCUT2D eigenvalue weighted by Crippen LogP contribution is 2.35. The summed E-state index contributed by atoms with van der Waals surface area (Å²) in [6, 6.07) is 7.03. The van der Waals surface area contributed by atoms with Crippen molar-refractivity contribution in [3.8, 4) is 11.3 Å². The number of β-amino-alcohol motifs (C(OH)–C–C–N with tert-alkyl or cyclic N) is 1. The summed E-state index contributed by atoms with van der Waals surface area (Å²) in [6.07, 6.45) is 0.352. The van der Waals surface area contributed by atoms with Gasteiger partial charge in [-0.2, -0.15) is 18.3 Å². The van der Waals surface area contributed by atoms with Crippen LogP contribution in [0, 0.1) is 12.8 Å². The average Bonchev–Trinajstić information content (AvgIpc) is 3.32. The zero-order valence-corrected chi connectivity index (χ0v) is 23.3. The Morgan fingerprint density at radius 3 is 2.46 bits per heavy atom. The van der Waals surface area contributed by atoms with Gasteiger partial charge in [-0.05, 0) is 68.1 Å². The molecule has 11 heteroatoms. The second-order valence-corrected chi connectivity index (χ2v) is 10.9. The summed E-state index contributed by atoms with van der Waals surface area (Å²) in [5.41, 5.74) is 10.3. The summed E-state index contributed by atoms with van der Waals surface area (Å²) in [4.78, 5) is 8.98. The minimum Gasteiger partial charge on any atom is -0.397 e. The summed E-state index contributed by atoms with van der Waals surface area (Å²) in [5.74, 6) is 1.19. The fraction of sp³-hybridized carbons (Fsp3) is 0.467.